The van der Waals surface area contributed by atoms with Crippen LogP contribution in [0.25, 0.3) is 11.3 Å². The number of anilines is 2. The summed E-state index contributed by atoms with van der Waals surface area (Å²) in [6.45, 7) is 5.93. The molecule has 3 aliphatic heterocycles. The van der Waals surface area contributed by atoms with Gasteiger partial charge in [-0.1, -0.05) is 30.3 Å². The second-order valence-corrected chi connectivity index (χ2v) is 10.7. The first kappa shape index (κ1) is 25.8. The first-order valence-electron chi connectivity index (χ1n) is 13.7. The summed E-state index contributed by atoms with van der Waals surface area (Å²) in [6.07, 6.45) is 3.20. The number of nitro groups is 1. The highest BCUT2D eigenvalue weighted by atomic mass is 16.6. The molecule has 3 aromatic carbocycles. The summed E-state index contributed by atoms with van der Waals surface area (Å²) in [5.74, 6) is -0.248. The predicted octanol–water partition coefficient (Wildman–Crippen LogP) is 5.03. The van der Waals surface area contributed by atoms with E-state index in [2.05, 4.69) is 33.7 Å². The fourth-order valence-corrected chi connectivity index (χ4v) is 5.82. The molecule has 6 rings (SSSR count). The maximum absolute atomic E-state index is 13.3. The number of benzene rings is 3. The molecular formula is C31H31N5O4. The van der Waals surface area contributed by atoms with Crippen molar-refractivity contribution in [3.05, 3.63) is 98.6 Å². The molecule has 3 aliphatic rings. The number of carbonyl (C=O) groups is 2. The van der Waals surface area contributed by atoms with Crippen molar-refractivity contribution >= 4 is 40.1 Å². The topological polar surface area (TPSA) is 108 Å². The summed E-state index contributed by atoms with van der Waals surface area (Å²) in [6, 6.07) is 18.6. The van der Waals surface area contributed by atoms with E-state index >= 15 is 0 Å². The van der Waals surface area contributed by atoms with Crippen LogP contribution in [0, 0.1) is 10.1 Å². The van der Waals surface area contributed by atoms with Gasteiger partial charge in [0, 0.05) is 55.6 Å². The Bertz CT molecular complexity index is 1540. The molecule has 0 aliphatic carbocycles. The Labute approximate surface area is 232 Å². The second-order valence-electron chi connectivity index (χ2n) is 10.7. The standard InChI is InChI=1S/C31H31N5O4/c1-20(37)35-15-12-23-16-25(9-8-24(23)19-35)32-30(22-6-4-21(5-7-22)18-34-13-2-3-14-34)29-27-17-26(36(39)40)10-11-28(27)33-31(29)38/h4-11,16-17,32H,2-3,12-15,18-19H2,1H3,(H,33,38). The van der Waals surface area contributed by atoms with Crippen LogP contribution in [0.1, 0.15) is 47.6 Å². The van der Waals surface area contributed by atoms with E-state index in [9.17, 15) is 19.7 Å². The Balaban J connectivity index is 1.40. The minimum Gasteiger partial charge on any atom is -0.354 e. The number of non-ortho nitro benzene ring substituents is 1. The van der Waals surface area contributed by atoms with Gasteiger partial charge >= 0.3 is 0 Å². The Morgan fingerprint density at radius 2 is 1.77 bits per heavy atom. The van der Waals surface area contributed by atoms with E-state index in [-0.39, 0.29) is 17.5 Å². The zero-order chi connectivity index (χ0) is 27.8. The number of rotatable bonds is 6. The number of carbonyl (C=O) groups excluding carboxylic acids is 2. The summed E-state index contributed by atoms with van der Waals surface area (Å²) in [5.41, 5.74) is 7.01. The highest BCUT2D eigenvalue weighted by Gasteiger charge is 2.30. The molecule has 2 N–H and O–H groups in total. The summed E-state index contributed by atoms with van der Waals surface area (Å²) < 4.78 is 0. The molecule has 9 heteroatoms. The molecular weight excluding hydrogens is 506 g/mol. The van der Waals surface area contributed by atoms with Crippen LogP contribution >= 0.6 is 0 Å². The van der Waals surface area contributed by atoms with Crippen LogP contribution < -0.4 is 10.6 Å². The molecule has 0 spiro atoms. The number of hydrogen-bond acceptors (Lipinski definition) is 6. The van der Waals surface area contributed by atoms with Crippen LogP contribution in [-0.2, 0) is 29.1 Å². The van der Waals surface area contributed by atoms with E-state index in [0.29, 0.717) is 35.6 Å². The molecule has 0 atom stereocenters. The highest BCUT2D eigenvalue weighted by Crippen LogP contribution is 2.39. The number of nitro benzene ring substituents is 1. The molecule has 0 unspecified atom stereocenters. The monoisotopic (exact) mass is 537 g/mol. The Morgan fingerprint density at radius 3 is 2.50 bits per heavy atom. The second kappa shape index (κ2) is 10.6. The molecule has 9 nitrogen and oxygen atoms in total. The van der Waals surface area contributed by atoms with E-state index in [4.69, 9.17) is 0 Å². The van der Waals surface area contributed by atoms with Gasteiger partial charge in [-0.05, 0) is 72.8 Å². The van der Waals surface area contributed by atoms with Gasteiger partial charge < -0.3 is 15.5 Å². The van der Waals surface area contributed by atoms with Crippen molar-refractivity contribution in [1.82, 2.24) is 9.80 Å². The van der Waals surface area contributed by atoms with Gasteiger partial charge in [0.2, 0.25) is 5.91 Å². The average Bonchev–Trinajstić information content (AvgIpc) is 3.58. The molecule has 3 heterocycles. The minimum atomic E-state index is -0.450. The van der Waals surface area contributed by atoms with Gasteiger partial charge in [0.1, 0.15) is 0 Å². The van der Waals surface area contributed by atoms with Crippen LogP contribution in [0.4, 0.5) is 17.1 Å². The molecule has 204 valence electrons. The molecule has 1 saturated heterocycles. The van der Waals surface area contributed by atoms with Crippen LogP contribution in [0.15, 0.2) is 60.7 Å². The molecule has 0 radical (unpaired) electrons. The lowest BCUT2D eigenvalue weighted by atomic mass is 9.97. The van der Waals surface area contributed by atoms with Crippen molar-refractivity contribution < 1.29 is 14.5 Å². The van der Waals surface area contributed by atoms with Crippen LogP contribution in [-0.4, -0.2) is 46.2 Å². The lowest BCUT2D eigenvalue weighted by molar-refractivity contribution is -0.384. The molecule has 40 heavy (non-hydrogen) atoms. The largest absolute Gasteiger partial charge is 0.354 e. The highest BCUT2D eigenvalue weighted by molar-refractivity contribution is 6.37. The first-order chi connectivity index (χ1) is 19.4. The molecule has 0 aromatic heterocycles. The van der Waals surface area contributed by atoms with E-state index in [1.165, 1.54) is 30.5 Å². The van der Waals surface area contributed by atoms with Gasteiger partial charge in [0.25, 0.3) is 11.6 Å². The minimum absolute atomic E-state index is 0.0630. The lowest BCUT2D eigenvalue weighted by Crippen LogP contribution is -2.34. The number of likely N-dealkylation sites (tertiary alicyclic amines) is 1. The van der Waals surface area contributed by atoms with Crippen molar-refractivity contribution in [3.8, 4) is 0 Å². The molecule has 3 aromatic rings. The van der Waals surface area contributed by atoms with Gasteiger partial charge in [-0.3, -0.25) is 24.6 Å². The van der Waals surface area contributed by atoms with E-state index in [1.807, 2.05) is 29.2 Å². The predicted molar refractivity (Wildman–Crippen MR) is 154 cm³/mol. The zero-order valence-electron chi connectivity index (χ0n) is 22.4. The summed E-state index contributed by atoms with van der Waals surface area (Å²) >= 11 is 0. The quantitative estimate of drug-likeness (QED) is 0.260. The zero-order valence-corrected chi connectivity index (χ0v) is 22.4. The van der Waals surface area contributed by atoms with Gasteiger partial charge in [0.05, 0.1) is 16.2 Å². The SMILES string of the molecule is CC(=O)N1CCc2cc(NC(=C3C(=O)Nc4ccc([N+](=O)[O-])cc43)c3ccc(CN4CCCC4)cc3)ccc2C1. The van der Waals surface area contributed by atoms with Crippen molar-refractivity contribution in [1.29, 1.82) is 0 Å². The van der Waals surface area contributed by atoms with Crippen LogP contribution in [0.2, 0.25) is 0 Å². The van der Waals surface area contributed by atoms with E-state index < -0.39 is 4.92 Å². The van der Waals surface area contributed by atoms with Gasteiger partial charge in [-0.15, -0.1) is 0 Å². The fourth-order valence-electron chi connectivity index (χ4n) is 5.82. The number of fused-ring (bicyclic) bond motifs is 2. The Hall–Kier alpha value is -4.50. The van der Waals surface area contributed by atoms with Gasteiger partial charge in [-0.2, -0.15) is 0 Å². The number of amides is 2. The summed E-state index contributed by atoms with van der Waals surface area (Å²) in [4.78, 5) is 40.6. The lowest BCUT2D eigenvalue weighted by Gasteiger charge is -2.28. The first-order valence-corrected chi connectivity index (χ1v) is 13.7. The van der Waals surface area contributed by atoms with E-state index in [1.54, 1.807) is 13.0 Å². The molecule has 2 amide bonds. The Morgan fingerprint density at radius 1 is 1.00 bits per heavy atom. The maximum atomic E-state index is 13.3. The van der Waals surface area contributed by atoms with Crippen molar-refractivity contribution in [3.63, 3.8) is 0 Å². The van der Waals surface area contributed by atoms with Gasteiger partial charge in [0.15, 0.2) is 0 Å². The number of nitrogens with one attached hydrogen (secondary N) is 2. The van der Waals surface area contributed by atoms with E-state index in [0.717, 1.165) is 48.4 Å². The normalized spacial score (nSPS) is 17.7. The fraction of sp³-hybridized carbons (Fsp3) is 0.290. The third-order valence-electron chi connectivity index (χ3n) is 7.99. The third kappa shape index (κ3) is 5.08. The van der Waals surface area contributed by atoms with Crippen LogP contribution in [0.5, 0.6) is 0 Å². The van der Waals surface area contributed by atoms with Crippen molar-refractivity contribution in [2.24, 2.45) is 0 Å². The molecule has 0 saturated carbocycles. The average molecular weight is 538 g/mol. The summed E-state index contributed by atoms with van der Waals surface area (Å²) in [5, 5.41) is 17.9. The van der Waals surface area contributed by atoms with Crippen molar-refractivity contribution in [2.75, 3.05) is 30.3 Å². The van der Waals surface area contributed by atoms with Crippen LogP contribution in [0.3, 0.4) is 0 Å². The maximum Gasteiger partial charge on any atom is 0.270 e. The van der Waals surface area contributed by atoms with Crippen molar-refractivity contribution in [2.45, 2.75) is 39.3 Å². The van der Waals surface area contributed by atoms with Gasteiger partial charge in [-0.25, -0.2) is 0 Å². The molecule has 1 fully saturated rings. The smallest absolute Gasteiger partial charge is 0.270 e. The Kier molecular flexibility index (Phi) is 6.81. The summed E-state index contributed by atoms with van der Waals surface area (Å²) in [7, 11) is 0. The molecule has 0 bridgehead atoms. The number of hydrogen-bond donors (Lipinski definition) is 2. The third-order valence-corrected chi connectivity index (χ3v) is 7.99. The number of nitrogens with zero attached hydrogens (tertiary/aromatic N) is 3.